The number of carbonyl (C=O) groups is 2. The van der Waals surface area contributed by atoms with E-state index in [1.807, 2.05) is 41.4 Å². The summed E-state index contributed by atoms with van der Waals surface area (Å²) in [5.74, 6) is 0.111. The fraction of sp³-hybridized carbons (Fsp3) is 0.471. The molecule has 0 bridgehead atoms. The minimum absolute atomic E-state index is 0.0346. The number of fused-ring (bicyclic) bond motifs is 1. The normalized spacial score (nSPS) is 19.3. The maximum absolute atomic E-state index is 13.8. The van der Waals surface area contributed by atoms with Crippen LogP contribution in [0.2, 0.25) is 0 Å². The van der Waals surface area contributed by atoms with E-state index in [2.05, 4.69) is 0 Å². The van der Waals surface area contributed by atoms with Gasteiger partial charge in [-0.3, -0.25) is 14.2 Å². The second-order valence-electron chi connectivity index (χ2n) is 11.6. The van der Waals surface area contributed by atoms with Crippen LogP contribution in [-0.2, 0) is 24.3 Å². The summed E-state index contributed by atoms with van der Waals surface area (Å²) in [4.78, 5) is 28.2. The van der Waals surface area contributed by atoms with E-state index in [1.165, 1.54) is 32.6 Å². The van der Waals surface area contributed by atoms with Crippen LogP contribution in [-0.4, -0.2) is 91.9 Å². The third kappa shape index (κ3) is 7.63. The number of aliphatic hydroxyl groups is 1. The Morgan fingerprint density at radius 2 is 1.70 bits per heavy atom. The summed E-state index contributed by atoms with van der Waals surface area (Å²) in [7, 11) is -2.43. The summed E-state index contributed by atoms with van der Waals surface area (Å²) >= 11 is 0. The van der Waals surface area contributed by atoms with E-state index in [0.717, 1.165) is 46.5 Å². The van der Waals surface area contributed by atoms with Crippen molar-refractivity contribution in [2.24, 2.45) is 0 Å². The Labute approximate surface area is 270 Å². The average Bonchev–Trinajstić information content (AvgIpc) is 3.44. The fourth-order valence-corrected chi connectivity index (χ4v) is 7.56. The molecule has 5 rings (SSSR count). The zero-order valence-electron chi connectivity index (χ0n) is 26.5. The van der Waals surface area contributed by atoms with Crippen molar-refractivity contribution in [3.63, 3.8) is 0 Å². The molecule has 1 N–H and O–H groups in total. The van der Waals surface area contributed by atoms with Crippen LogP contribution in [0.1, 0.15) is 61.7 Å². The smallest absolute Gasteiger partial charge is 0.288 e. The van der Waals surface area contributed by atoms with Crippen molar-refractivity contribution in [3.05, 3.63) is 72.1 Å². The molecule has 0 aliphatic carbocycles. The number of hydrogen-bond donors (Lipinski definition) is 1. The molecule has 2 aliphatic rings. The molecular formula is C34H43N3O8S. The number of aliphatic hydroxyl groups excluding tert-OH is 1. The van der Waals surface area contributed by atoms with Gasteiger partial charge in [0, 0.05) is 57.0 Å². The van der Waals surface area contributed by atoms with Gasteiger partial charge in [-0.05, 0) is 54.8 Å². The van der Waals surface area contributed by atoms with Crippen LogP contribution in [0.15, 0.2) is 71.5 Å². The van der Waals surface area contributed by atoms with E-state index in [9.17, 15) is 23.1 Å². The highest BCUT2D eigenvalue weighted by molar-refractivity contribution is 7.89. The number of amides is 1. The minimum Gasteiger partial charge on any atom is -0.497 e. The molecule has 2 aliphatic heterocycles. The number of para-hydroxylation sites is 1. The first kappa shape index (κ1) is 33.6. The van der Waals surface area contributed by atoms with Gasteiger partial charge in [-0.15, -0.1) is 0 Å². The van der Waals surface area contributed by atoms with Crippen LogP contribution >= 0.6 is 0 Å². The maximum Gasteiger partial charge on any atom is 0.288 e. The van der Waals surface area contributed by atoms with Crippen molar-refractivity contribution in [1.29, 1.82) is 0 Å². The molecule has 2 atom stereocenters. The monoisotopic (exact) mass is 653 g/mol. The predicted molar refractivity (Wildman–Crippen MR) is 173 cm³/mol. The predicted octanol–water partition coefficient (Wildman–Crippen LogP) is 4.52. The number of hydrogen-bond acceptors (Lipinski definition) is 8. The van der Waals surface area contributed by atoms with Crippen LogP contribution < -0.4 is 4.74 Å². The first-order chi connectivity index (χ1) is 22.2. The van der Waals surface area contributed by atoms with Crippen molar-refractivity contribution in [1.82, 2.24) is 13.8 Å². The van der Waals surface area contributed by atoms with Crippen molar-refractivity contribution in [2.75, 3.05) is 46.5 Å². The van der Waals surface area contributed by atoms with E-state index < -0.39 is 16.3 Å². The number of carbonyl (C=O) groups excluding carboxylic acids is 2. The van der Waals surface area contributed by atoms with Crippen LogP contribution in [0.3, 0.4) is 0 Å². The number of likely N-dealkylation sites (tertiary alicyclic amines) is 1. The number of nitrogens with zero attached hydrogens (tertiary/aromatic N) is 3. The van der Waals surface area contributed by atoms with Gasteiger partial charge in [0.15, 0.2) is 5.76 Å². The molecule has 248 valence electrons. The summed E-state index contributed by atoms with van der Waals surface area (Å²) in [6, 6.07) is 13.7. The van der Waals surface area contributed by atoms with Crippen molar-refractivity contribution >= 4 is 32.7 Å². The molecule has 1 fully saturated rings. The topological polar surface area (TPSA) is 128 Å². The molecule has 2 aromatic carbocycles. The Bertz CT molecular complexity index is 1640. The highest BCUT2D eigenvalue weighted by atomic mass is 32.2. The van der Waals surface area contributed by atoms with Gasteiger partial charge in [0.05, 0.1) is 30.7 Å². The molecule has 1 aromatic heterocycles. The SMILES string of the molecule is COc1ccc(S(=O)(=O)N(CCO)CCO[C@@H]2C[C@H](c3cn(C(C)=O)c4ccccc34)C=C(C(=O)N3CCCCCCC3)O2)cc1. The average molecular weight is 654 g/mol. The van der Waals surface area contributed by atoms with Crippen LogP contribution in [0, 0.1) is 0 Å². The van der Waals surface area contributed by atoms with Crippen molar-refractivity contribution in [2.45, 2.75) is 62.6 Å². The molecule has 0 radical (unpaired) electrons. The summed E-state index contributed by atoms with van der Waals surface area (Å²) in [5, 5.41) is 10.6. The standard InChI is InChI=1S/C34H43N3O8S/c1-25(39)37-24-30(29-10-6-7-11-31(29)37)26-22-32(34(40)35-16-8-4-3-5-9-17-35)45-33(23-26)44-21-19-36(18-20-38)46(41,42)28-14-12-27(43-2)13-15-28/h6-7,10-15,22,24,26,33,38H,3-5,8-9,16-21,23H2,1-2H3/t26-,33+/m1/s1. The second-order valence-corrected chi connectivity index (χ2v) is 13.6. The quantitative estimate of drug-likeness (QED) is 0.320. The van der Waals surface area contributed by atoms with Gasteiger partial charge in [-0.2, -0.15) is 4.31 Å². The van der Waals surface area contributed by atoms with Crippen molar-refractivity contribution in [3.8, 4) is 5.75 Å². The number of ether oxygens (including phenoxy) is 3. The largest absolute Gasteiger partial charge is 0.497 e. The van der Waals surface area contributed by atoms with Crippen LogP contribution in [0.25, 0.3) is 10.9 Å². The van der Waals surface area contributed by atoms with Crippen LogP contribution in [0.4, 0.5) is 0 Å². The molecule has 11 nitrogen and oxygen atoms in total. The molecule has 3 aromatic rings. The lowest BCUT2D eigenvalue weighted by Crippen LogP contribution is -2.39. The van der Waals surface area contributed by atoms with E-state index in [-0.39, 0.29) is 54.7 Å². The summed E-state index contributed by atoms with van der Waals surface area (Å²) < 4.78 is 47.0. The summed E-state index contributed by atoms with van der Waals surface area (Å²) in [6.45, 7) is 2.26. The molecular weight excluding hydrogens is 610 g/mol. The molecule has 0 unspecified atom stereocenters. The number of benzene rings is 2. The minimum atomic E-state index is -3.93. The zero-order chi connectivity index (χ0) is 32.7. The Morgan fingerprint density at radius 3 is 2.37 bits per heavy atom. The molecule has 0 spiro atoms. The van der Waals surface area contributed by atoms with Gasteiger partial charge in [0.25, 0.3) is 5.91 Å². The highest BCUT2D eigenvalue weighted by Gasteiger charge is 2.33. The number of methoxy groups -OCH3 is 1. The van der Waals surface area contributed by atoms with Gasteiger partial charge in [0.2, 0.25) is 22.2 Å². The Kier molecular flexibility index (Phi) is 11.2. The molecule has 0 saturated carbocycles. The lowest BCUT2D eigenvalue weighted by molar-refractivity contribution is -0.153. The molecule has 12 heteroatoms. The van der Waals surface area contributed by atoms with Gasteiger partial charge < -0.3 is 24.2 Å². The molecule has 1 saturated heterocycles. The van der Waals surface area contributed by atoms with E-state index in [1.54, 1.807) is 16.7 Å². The Balaban J connectivity index is 1.38. The maximum atomic E-state index is 13.8. The lowest BCUT2D eigenvalue weighted by atomic mass is 9.92. The highest BCUT2D eigenvalue weighted by Crippen LogP contribution is 2.37. The number of allylic oxidation sites excluding steroid dienone is 1. The first-order valence-electron chi connectivity index (χ1n) is 15.9. The van der Waals surface area contributed by atoms with E-state index in [4.69, 9.17) is 14.2 Å². The van der Waals surface area contributed by atoms with Crippen molar-refractivity contribution < 1.29 is 37.3 Å². The first-order valence-corrected chi connectivity index (χ1v) is 17.3. The molecule has 3 heterocycles. The third-order valence-corrected chi connectivity index (χ3v) is 10.5. The zero-order valence-corrected chi connectivity index (χ0v) is 27.3. The summed E-state index contributed by atoms with van der Waals surface area (Å²) in [5.41, 5.74) is 1.66. The van der Waals surface area contributed by atoms with E-state index in [0.29, 0.717) is 25.3 Å². The van der Waals surface area contributed by atoms with Gasteiger partial charge in [0.1, 0.15) is 5.75 Å². The third-order valence-electron chi connectivity index (χ3n) is 8.58. The van der Waals surface area contributed by atoms with Gasteiger partial charge in [-0.1, -0.05) is 37.5 Å². The second kappa shape index (κ2) is 15.3. The number of aromatic nitrogens is 1. The van der Waals surface area contributed by atoms with Gasteiger partial charge >= 0.3 is 0 Å². The number of sulfonamides is 1. The van der Waals surface area contributed by atoms with Crippen LogP contribution in [0.5, 0.6) is 5.75 Å². The van der Waals surface area contributed by atoms with Gasteiger partial charge in [-0.25, -0.2) is 8.42 Å². The molecule has 46 heavy (non-hydrogen) atoms. The molecule has 1 amide bonds. The Morgan fingerprint density at radius 1 is 1.00 bits per heavy atom. The Hall–Kier alpha value is -3.71. The fourth-order valence-electron chi connectivity index (χ4n) is 6.14. The number of rotatable bonds is 11. The lowest BCUT2D eigenvalue weighted by Gasteiger charge is -2.32. The summed E-state index contributed by atoms with van der Waals surface area (Å²) in [6.07, 6.45) is 8.34. The van der Waals surface area contributed by atoms with E-state index >= 15 is 0 Å².